The second-order valence-electron chi connectivity index (χ2n) is 4.24. The van der Waals surface area contributed by atoms with Crippen LogP contribution in [0.15, 0.2) is 46.9 Å². The fourth-order valence-corrected chi connectivity index (χ4v) is 2.68. The molecular weight excluding hydrogens is 258 g/mol. The maximum atomic E-state index is 9.71. The molecule has 1 aliphatic heterocycles. The van der Waals surface area contributed by atoms with Crippen molar-refractivity contribution in [1.82, 2.24) is 4.98 Å². The third kappa shape index (κ3) is 2.66. The average Bonchev–Trinajstić information content (AvgIpc) is 2.91. The number of thiazole rings is 1. The first-order valence-corrected chi connectivity index (χ1v) is 6.89. The average molecular weight is 271 g/mol. The first-order valence-electron chi connectivity index (χ1n) is 6.01. The van der Waals surface area contributed by atoms with Crippen LogP contribution in [0.3, 0.4) is 0 Å². The SMILES string of the molecule is Oc1ccccc1Nc1nc(C2C=NC=CC2)cs1. The van der Waals surface area contributed by atoms with E-state index in [0.29, 0.717) is 5.69 Å². The molecule has 3 rings (SSSR count). The quantitative estimate of drug-likeness (QED) is 0.837. The summed E-state index contributed by atoms with van der Waals surface area (Å²) in [5.41, 5.74) is 1.68. The number of phenols is 1. The number of para-hydroxylation sites is 2. The Bertz CT molecular complexity index is 633. The van der Waals surface area contributed by atoms with Gasteiger partial charge in [-0.25, -0.2) is 4.98 Å². The summed E-state index contributed by atoms with van der Waals surface area (Å²) in [7, 11) is 0. The van der Waals surface area contributed by atoms with Crippen LogP contribution in [0.25, 0.3) is 0 Å². The standard InChI is InChI=1S/C14H13N3OS/c18-13-6-2-1-5-11(13)16-14-17-12(9-19-14)10-4-3-7-15-8-10/h1-3,5-10,18H,4H2,(H,16,17). The van der Waals surface area contributed by atoms with Crippen LogP contribution in [-0.4, -0.2) is 16.3 Å². The van der Waals surface area contributed by atoms with E-state index >= 15 is 0 Å². The lowest BCUT2D eigenvalue weighted by Crippen LogP contribution is -2.02. The molecule has 2 heterocycles. The topological polar surface area (TPSA) is 57.5 Å². The molecule has 2 aromatic rings. The van der Waals surface area contributed by atoms with Crippen molar-refractivity contribution in [2.45, 2.75) is 12.3 Å². The summed E-state index contributed by atoms with van der Waals surface area (Å²) < 4.78 is 0. The van der Waals surface area contributed by atoms with Crippen LogP contribution in [-0.2, 0) is 0 Å². The predicted octanol–water partition coefficient (Wildman–Crippen LogP) is 3.66. The fraction of sp³-hybridized carbons (Fsp3) is 0.143. The van der Waals surface area contributed by atoms with Gasteiger partial charge < -0.3 is 10.4 Å². The summed E-state index contributed by atoms with van der Waals surface area (Å²) in [6, 6.07) is 7.13. The summed E-state index contributed by atoms with van der Waals surface area (Å²) in [5, 5.41) is 15.6. The smallest absolute Gasteiger partial charge is 0.187 e. The highest BCUT2D eigenvalue weighted by Crippen LogP contribution is 2.30. The summed E-state index contributed by atoms with van der Waals surface area (Å²) in [6.07, 6.45) is 6.70. The summed E-state index contributed by atoms with van der Waals surface area (Å²) in [4.78, 5) is 8.68. The van der Waals surface area contributed by atoms with Crippen LogP contribution in [0.5, 0.6) is 5.75 Å². The van der Waals surface area contributed by atoms with Gasteiger partial charge in [-0.2, -0.15) is 0 Å². The number of rotatable bonds is 3. The summed E-state index contributed by atoms with van der Waals surface area (Å²) >= 11 is 1.53. The number of nitrogens with one attached hydrogen (secondary N) is 1. The Morgan fingerprint density at radius 3 is 3.00 bits per heavy atom. The van der Waals surface area contributed by atoms with Crippen molar-refractivity contribution in [2.75, 3.05) is 5.32 Å². The van der Waals surface area contributed by atoms with Gasteiger partial charge in [0.15, 0.2) is 5.13 Å². The predicted molar refractivity (Wildman–Crippen MR) is 78.5 cm³/mol. The third-order valence-electron chi connectivity index (χ3n) is 2.90. The van der Waals surface area contributed by atoms with Gasteiger partial charge in [0.05, 0.1) is 11.4 Å². The van der Waals surface area contributed by atoms with E-state index in [1.165, 1.54) is 11.3 Å². The number of anilines is 2. The zero-order valence-corrected chi connectivity index (χ0v) is 11.0. The molecule has 0 spiro atoms. The largest absolute Gasteiger partial charge is 0.506 e. The van der Waals surface area contributed by atoms with Gasteiger partial charge >= 0.3 is 0 Å². The minimum absolute atomic E-state index is 0.224. The minimum Gasteiger partial charge on any atom is -0.506 e. The molecule has 1 aliphatic rings. The second kappa shape index (κ2) is 5.24. The Morgan fingerprint density at radius 1 is 1.32 bits per heavy atom. The van der Waals surface area contributed by atoms with E-state index in [1.54, 1.807) is 12.1 Å². The van der Waals surface area contributed by atoms with Crippen LogP contribution in [0.1, 0.15) is 18.0 Å². The number of phenolic OH excluding ortho intramolecular Hbond substituents is 1. The normalized spacial score (nSPS) is 17.6. The van der Waals surface area contributed by atoms with E-state index in [9.17, 15) is 5.11 Å². The van der Waals surface area contributed by atoms with E-state index in [4.69, 9.17) is 0 Å². The van der Waals surface area contributed by atoms with Crippen molar-refractivity contribution in [3.63, 3.8) is 0 Å². The Kier molecular flexibility index (Phi) is 3.29. The van der Waals surface area contributed by atoms with Crippen LogP contribution in [0.4, 0.5) is 10.8 Å². The van der Waals surface area contributed by atoms with Crippen molar-refractivity contribution in [2.24, 2.45) is 4.99 Å². The van der Waals surface area contributed by atoms with Gasteiger partial charge in [-0.1, -0.05) is 18.2 Å². The molecule has 1 atom stereocenters. The van der Waals surface area contributed by atoms with Gasteiger partial charge in [0, 0.05) is 23.7 Å². The van der Waals surface area contributed by atoms with E-state index in [2.05, 4.69) is 15.3 Å². The highest BCUT2D eigenvalue weighted by Gasteiger charge is 2.13. The molecule has 0 amide bonds. The van der Waals surface area contributed by atoms with Gasteiger partial charge in [-0.05, 0) is 18.6 Å². The molecule has 0 bridgehead atoms. The number of allylic oxidation sites excluding steroid dienone is 1. The van der Waals surface area contributed by atoms with Crippen molar-refractivity contribution < 1.29 is 5.11 Å². The molecule has 96 valence electrons. The van der Waals surface area contributed by atoms with Gasteiger partial charge in [0.25, 0.3) is 0 Å². The molecule has 1 aromatic carbocycles. The molecular formula is C14H13N3OS. The highest BCUT2D eigenvalue weighted by molar-refractivity contribution is 7.13. The summed E-state index contributed by atoms with van der Waals surface area (Å²) in [5.74, 6) is 0.475. The summed E-state index contributed by atoms with van der Waals surface area (Å²) in [6.45, 7) is 0. The molecule has 2 N–H and O–H groups in total. The number of hydrogen-bond donors (Lipinski definition) is 2. The molecule has 0 saturated carbocycles. The number of aromatic hydroxyl groups is 1. The minimum atomic E-state index is 0.224. The lowest BCUT2D eigenvalue weighted by atomic mass is 10.0. The zero-order chi connectivity index (χ0) is 13.1. The highest BCUT2D eigenvalue weighted by atomic mass is 32.1. The maximum Gasteiger partial charge on any atom is 0.187 e. The lowest BCUT2D eigenvalue weighted by molar-refractivity contribution is 0.478. The van der Waals surface area contributed by atoms with Crippen LogP contribution in [0.2, 0.25) is 0 Å². The maximum absolute atomic E-state index is 9.71. The monoisotopic (exact) mass is 271 g/mol. The van der Waals surface area contributed by atoms with Crippen molar-refractivity contribution in [3.05, 3.63) is 47.6 Å². The Morgan fingerprint density at radius 2 is 2.21 bits per heavy atom. The van der Waals surface area contributed by atoms with E-state index in [-0.39, 0.29) is 11.7 Å². The number of nitrogens with zero attached hydrogens (tertiary/aromatic N) is 2. The molecule has 0 saturated heterocycles. The molecule has 19 heavy (non-hydrogen) atoms. The number of hydrogen-bond acceptors (Lipinski definition) is 5. The van der Waals surface area contributed by atoms with Crippen LogP contribution in [0, 0.1) is 0 Å². The molecule has 1 unspecified atom stereocenters. The molecule has 4 nitrogen and oxygen atoms in total. The molecule has 5 heteroatoms. The second-order valence-corrected chi connectivity index (χ2v) is 5.10. The van der Waals surface area contributed by atoms with Crippen molar-refractivity contribution in [3.8, 4) is 5.75 Å². The number of benzene rings is 1. The molecule has 1 aromatic heterocycles. The van der Waals surface area contributed by atoms with E-state index in [0.717, 1.165) is 17.2 Å². The first-order chi connectivity index (χ1) is 9.33. The Labute approximate surface area is 115 Å². The molecule has 0 aliphatic carbocycles. The molecule has 0 fully saturated rings. The van der Waals surface area contributed by atoms with Crippen LogP contribution < -0.4 is 5.32 Å². The zero-order valence-electron chi connectivity index (χ0n) is 10.2. The van der Waals surface area contributed by atoms with Crippen molar-refractivity contribution >= 4 is 28.4 Å². The lowest BCUT2D eigenvalue weighted by Gasteiger charge is -2.08. The van der Waals surface area contributed by atoms with Gasteiger partial charge in [0.1, 0.15) is 5.75 Å². The number of aromatic nitrogens is 1. The van der Waals surface area contributed by atoms with Gasteiger partial charge in [0.2, 0.25) is 0 Å². The van der Waals surface area contributed by atoms with E-state index < -0.39 is 0 Å². The van der Waals surface area contributed by atoms with Crippen molar-refractivity contribution in [1.29, 1.82) is 0 Å². The third-order valence-corrected chi connectivity index (χ3v) is 3.67. The Hall–Kier alpha value is -2.14. The van der Waals surface area contributed by atoms with Crippen LogP contribution >= 0.6 is 11.3 Å². The first kappa shape index (κ1) is 11.9. The molecule has 0 radical (unpaired) electrons. The van der Waals surface area contributed by atoms with Gasteiger partial charge in [-0.3, -0.25) is 4.99 Å². The van der Waals surface area contributed by atoms with E-state index in [1.807, 2.05) is 36.0 Å². The number of aliphatic imine (C=N–C) groups is 1. The fourth-order valence-electron chi connectivity index (χ4n) is 1.89. The van der Waals surface area contributed by atoms with Gasteiger partial charge in [-0.15, -0.1) is 11.3 Å². The Balaban J connectivity index is 1.77.